The molecule has 0 aliphatic heterocycles. The van der Waals surface area contributed by atoms with Gasteiger partial charge in [-0.15, -0.1) is 0 Å². The molecule has 1 heterocycles. The van der Waals surface area contributed by atoms with Crippen LogP contribution >= 0.6 is 15.9 Å². The molecular weight excluding hydrogens is 379 g/mol. The van der Waals surface area contributed by atoms with Crippen molar-refractivity contribution >= 4 is 27.5 Å². The Balaban J connectivity index is 2.23. The number of hydrogen-bond acceptors (Lipinski definition) is 3. The SMILES string of the molecule is Cn1ccnc1C(O)(CC(=O)Nc1ccc(Br)cc1)C(F)(F)F. The Morgan fingerprint density at radius 1 is 1.35 bits per heavy atom. The number of carbonyl (C=O) groups excluding carboxylic acids is 1. The van der Waals surface area contributed by atoms with Gasteiger partial charge in [-0.1, -0.05) is 15.9 Å². The number of halogens is 4. The van der Waals surface area contributed by atoms with Gasteiger partial charge in [-0.25, -0.2) is 4.98 Å². The number of rotatable bonds is 4. The van der Waals surface area contributed by atoms with E-state index in [4.69, 9.17) is 0 Å². The molecule has 2 rings (SSSR count). The van der Waals surface area contributed by atoms with E-state index in [2.05, 4.69) is 26.2 Å². The smallest absolute Gasteiger partial charge is 0.374 e. The summed E-state index contributed by atoms with van der Waals surface area (Å²) < 4.78 is 41.7. The second-order valence-electron chi connectivity index (χ2n) is 4.95. The second kappa shape index (κ2) is 6.32. The first-order chi connectivity index (χ1) is 10.6. The van der Waals surface area contributed by atoms with Gasteiger partial charge in [-0.3, -0.25) is 4.79 Å². The van der Waals surface area contributed by atoms with Crippen molar-refractivity contribution in [1.82, 2.24) is 9.55 Å². The normalized spacial score (nSPS) is 14.3. The number of imidazole rings is 1. The van der Waals surface area contributed by atoms with Crippen LogP contribution in [0.5, 0.6) is 0 Å². The highest BCUT2D eigenvalue weighted by Crippen LogP contribution is 2.40. The van der Waals surface area contributed by atoms with E-state index >= 15 is 0 Å². The van der Waals surface area contributed by atoms with Gasteiger partial charge in [0.15, 0.2) is 5.82 Å². The molecule has 0 spiro atoms. The quantitative estimate of drug-likeness (QED) is 0.841. The number of nitrogens with one attached hydrogen (secondary N) is 1. The van der Waals surface area contributed by atoms with Crippen LogP contribution in [-0.2, 0) is 17.4 Å². The first-order valence-corrected chi connectivity index (χ1v) is 7.25. The third-order valence-electron chi connectivity index (χ3n) is 3.20. The lowest BCUT2D eigenvalue weighted by Gasteiger charge is -2.29. The molecule has 2 N–H and O–H groups in total. The Labute approximate surface area is 138 Å². The molecule has 0 fully saturated rings. The third-order valence-corrected chi connectivity index (χ3v) is 3.73. The van der Waals surface area contributed by atoms with Crippen molar-refractivity contribution < 1.29 is 23.1 Å². The minimum atomic E-state index is -5.05. The summed E-state index contributed by atoms with van der Waals surface area (Å²) in [6.07, 6.45) is -3.86. The van der Waals surface area contributed by atoms with Gasteiger partial charge in [-0.05, 0) is 24.3 Å². The number of carbonyl (C=O) groups is 1. The van der Waals surface area contributed by atoms with Gasteiger partial charge in [-0.2, -0.15) is 13.2 Å². The van der Waals surface area contributed by atoms with Crippen molar-refractivity contribution in [2.75, 3.05) is 5.32 Å². The Morgan fingerprint density at radius 2 is 1.96 bits per heavy atom. The molecule has 0 radical (unpaired) electrons. The molecule has 0 aliphatic carbocycles. The van der Waals surface area contributed by atoms with Crippen LogP contribution in [0.2, 0.25) is 0 Å². The topological polar surface area (TPSA) is 67.1 Å². The molecule has 0 saturated heterocycles. The number of benzene rings is 1. The Morgan fingerprint density at radius 3 is 2.43 bits per heavy atom. The number of hydrogen-bond donors (Lipinski definition) is 2. The summed E-state index contributed by atoms with van der Waals surface area (Å²) in [5.41, 5.74) is -3.05. The van der Waals surface area contributed by atoms with E-state index in [-0.39, 0.29) is 0 Å². The Kier molecular flexibility index (Phi) is 4.81. The fourth-order valence-corrected chi connectivity index (χ4v) is 2.31. The Hall–Kier alpha value is -1.87. The summed E-state index contributed by atoms with van der Waals surface area (Å²) >= 11 is 3.21. The fraction of sp³-hybridized carbons (Fsp3) is 0.286. The van der Waals surface area contributed by atoms with Gasteiger partial charge < -0.3 is 15.0 Å². The van der Waals surface area contributed by atoms with Crippen molar-refractivity contribution in [2.45, 2.75) is 18.2 Å². The van der Waals surface area contributed by atoms with Gasteiger partial charge in [0.25, 0.3) is 0 Å². The summed E-state index contributed by atoms with van der Waals surface area (Å²) in [7, 11) is 1.31. The van der Waals surface area contributed by atoms with E-state index in [1.807, 2.05) is 0 Å². The van der Waals surface area contributed by atoms with Crippen LogP contribution in [0.15, 0.2) is 41.1 Å². The predicted molar refractivity (Wildman–Crippen MR) is 80.5 cm³/mol. The number of aliphatic hydroxyl groups is 1. The highest BCUT2D eigenvalue weighted by molar-refractivity contribution is 9.10. The van der Waals surface area contributed by atoms with Gasteiger partial charge >= 0.3 is 6.18 Å². The molecule has 5 nitrogen and oxygen atoms in total. The largest absolute Gasteiger partial charge is 0.425 e. The number of aromatic nitrogens is 2. The zero-order valence-corrected chi connectivity index (χ0v) is 13.5. The van der Waals surface area contributed by atoms with Crippen LogP contribution in [0.1, 0.15) is 12.2 Å². The minimum absolute atomic E-state index is 0.322. The number of amides is 1. The molecule has 0 bridgehead atoms. The molecule has 1 unspecified atom stereocenters. The zero-order valence-electron chi connectivity index (χ0n) is 11.9. The summed E-state index contributed by atoms with van der Waals surface area (Å²) in [4.78, 5) is 15.5. The lowest BCUT2D eigenvalue weighted by Crippen LogP contribution is -2.46. The van der Waals surface area contributed by atoms with Crippen molar-refractivity contribution in [3.63, 3.8) is 0 Å². The molecule has 0 saturated carbocycles. The van der Waals surface area contributed by atoms with Crippen LogP contribution in [-0.4, -0.2) is 26.7 Å². The highest BCUT2D eigenvalue weighted by Gasteiger charge is 2.58. The van der Waals surface area contributed by atoms with Crippen molar-refractivity contribution in [2.24, 2.45) is 7.05 Å². The molecule has 23 heavy (non-hydrogen) atoms. The van der Waals surface area contributed by atoms with E-state index in [1.54, 1.807) is 12.1 Å². The summed E-state index contributed by atoms with van der Waals surface area (Å²) in [6.45, 7) is 0. The number of alkyl halides is 3. The van der Waals surface area contributed by atoms with Crippen LogP contribution in [0.3, 0.4) is 0 Å². The Bertz CT molecular complexity index is 700. The molecule has 1 aromatic heterocycles. The second-order valence-corrected chi connectivity index (χ2v) is 5.87. The third kappa shape index (κ3) is 3.73. The molecule has 9 heteroatoms. The van der Waals surface area contributed by atoms with Crippen LogP contribution in [0.25, 0.3) is 0 Å². The lowest BCUT2D eigenvalue weighted by atomic mass is 9.97. The van der Waals surface area contributed by atoms with E-state index < -0.39 is 29.9 Å². The monoisotopic (exact) mass is 391 g/mol. The number of nitrogens with zero attached hydrogens (tertiary/aromatic N) is 2. The lowest BCUT2D eigenvalue weighted by molar-refractivity contribution is -0.270. The molecule has 1 aromatic carbocycles. The molecule has 1 atom stereocenters. The van der Waals surface area contributed by atoms with E-state index in [0.29, 0.717) is 5.69 Å². The van der Waals surface area contributed by atoms with Gasteiger partial charge in [0.05, 0.1) is 6.42 Å². The average Bonchev–Trinajstić information content (AvgIpc) is 2.86. The first-order valence-electron chi connectivity index (χ1n) is 6.46. The van der Waals surface area contributed by atoms with Crippen molar-refractivity contribution in [1.29, 1.82) is 0 Å². The standard InChI is InChI=1S/C14H13BrF3N3O2/c1-21-7-6-19-12(21)13(23,14(16,17)18)8-11(22)20-10-4-2-9(15)3-5-10/h2-7,23H,8H2,1H3,(H,20,22). The van der Waals surface area contributed by atoms with Gasteiger partial charge in [0.2, 0.25) is 11.5 Å². The van der Waals surface area contributed by atoms with E-state index in [0.717, 1.165) is 15.2 Å². The molecular formula is C14H13BrF3N3O2. The maximum absolute atomic E-state index is 13.3. The molecule has 124 valence electrons. The van der Waals surface area contributed by atoms with Crippen molar-refractivity contribution in [3.05, 3.63) is 47.0 Å². The van der Waals surface area contributed by atoms with E-state index in [9.17, 15) is 23.1 Å². The average molecular weight is 392 g/mol. The van der Waals surface area contributed by atoms with Crippen molar-refractivity contribution in [3.8, 4) is 0 Å². The summed E-state index contributed by atoms with van der Waals surface area (Å²) in [6, 6.07) is 6.30. The van der Waals surface area contributed by atoms with Gasteiger partial charge in [0, 0.05) is 29.6 Å². The van der Waals surface area contributed by atoms with E-state index in [1.165, 1.54) is 25.4 Å². The summed E-state index contributed by atoms with van der Waals surface area (Å²) in [5, 5.41) is 12.4. The minimum Gasteiger partial charge on any atom is -0.374 e. The predicted octanol–water partition coefficient (Wildman–Crippen LogP) is 2.96. The highest BCUT2D eigenvalue weighted by atomic mass is 79.9. The summed E-state index contributed by atoms with van der Waals surface area (Å²) in [5.74, 6) is -1.62. The molecule has 2 aromatic rings. The van der Waals surface area contributed by atoms with Crippen LogP contribution in [0, 0.1) is 0 Å². The number of anilines is 1. The fourth-order valence-electron chi connectivity index (χ4n) is 2.04. The van der Waals surface area contributed by atoms with Gasteiger partial charge in [0.1, 0.15) is 0 Å². The van der Waals surface area contributed by atoms with Crippen LogP contribution < -0.4 is 5.32 Å². The number of aryl methyl sites for hydroxylation is 1. The maximum Gasteiger partial charge on any atom is 0.425 e. The zero-order chi connectivity index (χ0) is 17.3. The van der Waals surface area contributed by atoms with Crippen LogP contribution in [0.4, 0.5) is 18.9 Å². The first kappa shape index (κ1) is 17.5. The molecule has 1 amide bonds. The molecule has 0 aliphatic rings. The maximum atomic E-state index is 13.3.